The van der Waals surface area contributed by atoms with Gasteiger partial charge in [-0.1, -0.05) is 36.8 Å². The van der Waals surface area contributed by atoms with Crippen LogP contribution in [0.15, 0.2) is 53.4 Å². The number of anilines is 1. The molecular formula is C21H24N4O2S. The van der Waals surface area contributed by atoms with Gasteiger partial charge in [0.25, 0.3) is 10.0 Å². The van der Waals surface area contributed by atoms with Gasteiger partial charge in [-0.05, 0) is 43.2 Å². The molecule has 6 nitrogen and oxygen atoms in total. The number of hydrogen-bond donors (Lipinski definition) is 1. The van der Waals surface area contributed by atoms with E-state index in [2.05, 4.69) is 26.4 Å². The maximum atomic E-state index is 12.5. The monoisotopic (exact) mass is 396 g/mol. The van der Waals surface area contributed by atoms with Crippen molar-refractivity contribution in [2.45, 2.75) is 50.5 Å². The molecule has 0 saturated heterocycles. The van der Waals surface area contributed by atoms with Crippen LogP contribution in [-0.4, -0.2) is 23.2 Å². The van der Waals surface area contributed by atoms with Gasteiger partial charge in [-0.15, -0.1) is 10.2 Å². The van der Waals surface area contributed by atoms with Gasteiger partial charge in [0.15, 0.2) is 0 Å². The molecule has 1 aliphatic rings. The first-order valence-electron chi connectivity index (χ1n) is 9.56. The quantitative estimate of drug-likeness (QED) is 0.714. The van der Waals surface area contributed by atoms with Gasteiger partial charge in [0.1, 0.15) is 11.6 Å². The Kier molecular flexibility index (Phi) is 4.93. The summed E-state index contributed by atoms with van der Waals surface area (Å²) < 4.78 is 30.0. The Morgan fingerprint density at radius 1 is 1.07 bits per heavy atom. The number of benzene rings is 2. The molecule has 2 heterocycles. The molecule has 28 heavy (non-hydrogen) atoms. The van der Waals surface area contributed by atoms with Crippen LogP contribution in [0.3, 0.4) is 0 Å². The molecule has 0 aliphatic carbocycles. The highest BCUT2D eigenvalue weighted by Gasteiger charge is 2.23. The standard InChI is InChI=1S/C21H24N4O2S/c1-3-20-22-23-21-13-8-17(14-25(20)21)16-6-9-18(10-7-16)24-28(26,27)19-11-4-15(2)5-12-19/h4-7,9-12,17,24H,3,8,13-14H2,1-2H3. The molecule has 0 spiro atoms. The van der Waals surface area contributed by atoms with Crippen LogP contribution in [0.1, 0.15) is 42.0 Å². The fourth-order valence-corrected chi connectivity index (χ4v) is 4.73. The van der Waals surface area contributed by atoms with E-state index in [4.69, 9.17) is 0 Å². The molecule has 0 radical (unpaired) electrons. The number of aromatic nitrogens is 3. The normalized spacial score (nSPS) is 16.6. The number of fused-ring (bicyclic) bond motifs is 1. The first kappa shape index (κ1) is 18.7. The Labute approximate surface area is 165 Å². The highest BCUT2D eigenvalue weighted by atomic mass is 32.2. The average molecular weight is 397 g/mol. The molecule has 1 atom stereocenters. The summed E-state index contributed by atoms with van der Waals surface area (Å²) in [5.74, 6) is 2.48. The van der Waals surface area contributed by atoms with Gasteiger partial charge >= 0.3 is 0 Å². The summed E-state index contributed by atoms with van der Waals surface area (Å²) in [6.07, 6.45) is 2.81. The second-order valence-electron chi connectivity index (χ2n) is 7.27. The predicted molar refractivity (Wildman–Crippen MR) is 109 cm³/mol. The van der Waals surface area contributed by atoms with Gasteiger partial charge in [0.2, 0.25) is 0 Å². The second-order valence-corrected chi connectivity index (χ2v) is 8.96. The van der Waals surface area contributed by atoms with Crippen molar-refractivity contribution in [3.05, 3.63) is 71.3 Å². The summed E-state index contributed by atoms with van der Waals surface area (Å²) >= 11 is 0. The Morgan fingerprint density at radius 2 is 1.79 bits per heavy atom. The van der Waals surface area contributed by atoms with Crippen LogP contribution in [0.25, 0.3) is 0 Å². The number of aryl methyl sites for hydroxylation is 3. The first-order valence-corrected chi connectivity index (χ1v) is 11.0. The zero-order chi connectivity index (χ0) is 19.7. The zero-order valence-corrected chi connectivity index (χ0v) is 16.9. The van der Waals surface area contributed by atoms with E-state index in [1.165, 1.54) is 5.56 Å². The van der Waals surface area contributed by atoms with Gasteiger partial charge < -0.3 is 4.57 Å². The lowest BCUT2D eigenvalue weighted by Crippen LogP contribution is -2.20. The lowest BCUT2D eigenvalue weighted by molar-refractivity contribution is 0.447. The van der Waals surface area contributed by atoms with Crippen molar-refractivity contribution in [1.82, 2.24) is 14.8 Å². The predicted octanol–water partition coefficient (Wildman–Crippen LogP) is 3.68. The lowest BCUT2D eigenvalue weighted by Gasteiger charge is -2.24. The number of nitrogens with zero attached hydrogens (tertiary/aromatic N) is 3. The highest BCUT2D eigenvalue weighted by Crippen LogP contribution is 2.30. The molecule has 1 unspecified atom stereocenters. The van der Waals surface area contributed by atoms with Crippen LogP contribution < -0.4 is 4.72 Å². The Morgan fingerprint density at radius 3 is 2.46 bits per heavy atom. The topological polar surface area (TPSA) is 76.9 Å². The van der Waals surface area contributed by atoms with Crippen LogP contribution in [0, 0.1) is 6.92 Å². The third-order valence-corrected chi connectivity index (χ3v) is 6.70. The van der Waals surface area contributed by atoms with Crippen LogP contribution in [0.5, 0.6) is 0 Å². The summed E-state index contributed by atoms with van der Waals surface area (Å²) in [5, 5.41) is 8.55. The number of sulfonamides is 1. The molecule has 3 aromatic rings. The molecule has 0 bridgehead atoms. The second kappa shape index (κ2) is 7.39. The minimum Gasteiger partial charge on any atom is -0.314 e. The van der Waals surface area contributed by atoms with Gasteiger partial charge in [0, 0.05) is 31.0 Å². The Hall–Kier alpha value is -2.67. The van der Waals surface area contributed by atoms with Gasteiger partial charge in [-0.2, -0.15) is 0 Å². The molecule has 0 saturated carbocycles. The summed E-state index contributed by atoms with van der Waals surface area (Å²) in [6.45, 7) is 4.90. The highest BCUT2D eigenvalue weighted by molar-refractivity contribution is 7.92. The smallest absolute Gasteiger partial charge is 0.261 e. The molecule has 146 valence electrons. The molecular weight excluding hydrogens is 372 g/mol. The minimum absolute atomic E-state index is 0.265. The van der Waals surface area contributed by atoms with Crippen LogP contribution in [0.4, 0.5) is 5.69 Å². The molecule has 1 aromatic heterocycles. The number of nitrogens with one attached hydrogen (secondary N) is 1. The fourth-order valence-electron chi connectivity index (χ4n) is 3.67. The minimum atomic E-state index is -3.58. The summed E-state index contributed by atoms with van der Waals surface area (Å²) in [5.41, 5.74) is 2.80. The van der Waals surface area contributed by atoms with Gasteiger partial charge in [0.05, 0.1) is 4.90 Å². The summed E-state index contributed by atoms with van der Waals surface area (Å²) in [6, 6.07) is 14.5. The van der Waals surface area contributed by atoms with E-state index in [-0.39, 0.29) is 4.90 Å². The first-order chi connectivity index (χ1) is 13.5. The molecule has 1 N–H and O–H groups in total. The van der Waals surface area contributed by atoms with Crippen molar-refractivity contribution >= 4 is 15.7 Å². The van der Waals surface area contributed by atoms with Crippen LogP contribution in [-0.2, 0) is 29.4 Å². The van der Waals surface area contributed by atoms with Gasteiger partial charge in [-0.25, -0.2) is 8.42 Å². The van der Waals surface area contributed by atoms with Crippen molar-refractivity contribution in [3.63, 3.8) is 0 Å². The van der Waals surface area contributed by atoms with Crippen molar-refractivity contribution in [3.8, 4) is 0 Å². The average Bonchev–Trinajstić information content (AvgIpc) is 3.11. The van der Waals surface area contributed by atoms with E-state index in [1.807, 2.05) is 31.2 Å². The van der Waals surface area contributed by atoms with Crippen LogP contribution in [0.2, 0.25) is 0 Å². The third kappa shape index (κ3) is 3.67. The van der Waals surface area contributed by atoms with E-state index in [0.717, 1.165) is 43.0 Å². The Bertz CT molecular complexity index is 1060. The van der Waals surface area contributed by atoms with Gasteiger partial charge in [-0.3, -0.25) is 4.72 Å². The van der Waals surface area contributed by atoms with E-state index in [0.29, 0.717) is 11.6 Å². The van der Waals surface area contributed by atoms with Crippen molar-refractivity contribution in [1.29, 1.82) is 0 Å². The molecule has 4 rings (SSSR count). The summed E-state index contributed by atoms with van der Waals surface area (Å²) in [4.78, 5) is 0.265. The molecule has 2 aromatic carbocycles. The maximum Gasteiger partial charge on any atom is 0.261 e. The van der Waals surface area contributed by atoms with E-state index < -0.39 is 10.0 Å². The number of rotatable bonds is 5. The van der Waals surface area contributed by atoms with Crippen molar-refractivity contribution < 1.29 is 8.42 Å². The largest absolute Gasteiger partial charge is 0.314 e. The SMILES string of the molecule is CCc1nnc2n1CC(c1ccc(NS(=O)(=O)c3ccc(C)cc3)cc1)CC2. The molecule has 7 heteroatoms. The van der Waals surface area contributed by atoms with Crippen LogP contribution >= 0.6 is 0 Å². The Balaban J connectivity index is 1.49. The molecule has 0 fully saturated rings. The van der Waals surface area contributed by atoms with Crippen molar-refractivity contribution in [2.75, 3.05) is 4.72 Å². The molecule has 1 aliphatic heterocycles. The summed E-state index contributed by atoms with van der Waals surface area (Å²) in [7, 11) is -3.58. The maximum absolute atomic E-state index is 12.5. The van der Waals surface area contributed by atoms with Crippen molar-refractivity contribution in [2.24, 2.45) is 0 Å². The van der Waals surface area contributed by atoms with E-state index in [9.17, 15) is 8.42 Å². The number of hydrogen-bond acceptors (Lipinski definition) is 4. The van der Waals surface area contributed by atoms with E-state index in [1.54, 1.807) is 24.3 Å². The van der Waals surface area contributed by atoms with E-state index >= 15 is 0 Å². The molecule has 0 amide bonds. The lowest BCUT2D eigenvalue weighted by atomic mass is 9.91. The fraction of sp³-hybridized carbons (Fsp3) is 0.333. The third-order valence-electron chi connectivity index (χ3n) is 5.31. The zero-order valence-electron chi connectivity index (χ0n) is 16.1.